The molecule has 104 valence electrons. The van der Waals surface area contributed by atoms with Gasteiger partial charge in [0.2, 0.25) is 0 Å². The average molecular weight is 294 g/mol. The van der Waals surface area contributed by atoms with Gasteiger partial charge in [0.05, 0.1) is 5.02 Å². The van der Waals surface area contributed by atoms with Crippen molar-refractivity contribution < 1.29 is 8.78 Å². The fourth-order valence-electron chi connectivity index (χ4n) is 2.70. The highest BCUT2D eigenvalue weighted by Crippen LogP contribution is 2.33. The smallest absolute Gasteiger partial charge is 0.141 e. The molecule has 1 aliphatic heterocycles. The molecule has 0 radical (unpaired) electrons. The third kappa shape index (κ3) is 2.43. The summed E-state index contributed by atoms with van der Waals surface area (Å²) >= 11 is 5.83. The third-order valence-electron chi connectivity index (χ3n) is 3.91. The first kappa shape index (κ1) is 13.5. The first-order valence-corrected chi connectivity index (χ1v) is 6.88. The lowest BCUT2D eigenvalue weighted by atomic mass is 9.71. The predicted molar refractivity (Wildman–Crippen MR) is 76.1 cm³/mol. The molecule has 0 saturated carbocycles. The average Bonchev–Trinajstić information content (AvgIpc) is 2.39. The summed E-state index contributed by atoms with van der Waals surface area (Å²) in [4.78, 5) is 0. The van der Waals surface area contributed by atoms with E-state index in [9.17, 15) is 8.78 Å². The summed E-state index contributed by atoms with van der Waals surface area (Å²) in [5.41, 5.74) is 2.02. The van der Waals surface area contributed by atoms with E-state index >= 15 is 0 Å². The molecule has 1 fully saturated rings. The molecule has 1 N–H and O–H groups in total. The van der Waals surface area contributed by atoms with Crippen LogP contribution in [0, 0.1) is 11.6 Å². The summed E-state index contributed by atoms with van der Waals surface area (Å²) in [6, 6.07) is 11.4. The van der Waals surface area contributed by atoms with Gasteiger partial charge in [0.25, 0.3) is 0 Å². The lowest BCUT2D eigenvalue weighted by Crippen LogP contribution is -2.58. The molecular weight excluding hydrogens is 280 g/mol. The Labute approximate surface area is 121 Å². The van der Waals surface area contributed by atoms with Gasteiger partial charge in [-0.3, -0.25) is 0 Å². The molecule has 0 spiro atoms. The Morgan fingerprint density at radius 1 is 1.05 bits per heavy atom. The molecule has 1 nitrogen and oxygen atoms in total. The van der Waals surface area contributed by atoms with Crippen molar-refractivity contribution in [2.45, 2.75) is 11.8 Å². The van der Waals surface area contributed by atoms with Crippen molar-refractivity contribution in [3.05, 3.63) is 70.2 Å². The van der Waals surface area contributed by atoms with Crippen molar-refractivity contribution in [2.75, 3.05) is 13.1 Å². The second-order valence-electron chi connectivity index (χ2n) is 5.32. The number of hydrogen-bond acceptors (Lipinski definition) is 1. The Hall–Kier alpha value is -1.45. The van der Waals surface area contributed by atoms with Gasteiger partial charge in [-0.25, -0.2) is 8.78 Å². The zero-order valence-corrected chi connectivity index (χ0v) is 11.6. The van der Waals surface area contributed by atoms with Crippen LogP contribution in [0.25, 0.3) is 0 Å². The maximum atomic E-state index is 13.2. The van der Waals surface area contributed by atoms with Crippen LogP contribution >= 0.6 is 11.6 Å². The van der Waals surface area contributed by atoms with E-state index in [1.165, 1.54) is 18.2 Å². The van der Waals surface area contributed by atoms with Crippen molar-refractivity contribution in [1.29, 1.82) is 0 Å². The Bertz CT molecular complexity index is 621. The summed E-state index contributed by atoms with van der Waals surface area (Å²) in [6.07, 6.45) is 0.756. The van der Waals surface area contributed by atoms with Gasteiger partial charge in [-0.2, -0.15) is 0 Å². The van der Waals surface area contributed by atoms with Crippen LogP contribution in [0.4, 0.5) is 8.78 Å². The summed E-state index contributed by atoms with van der Waals surface area (Å²) in [6.45, 7) is 1.65. The normalized spacial score (nSPS) is 16.8. The van der Waals surface area contributed by atoms with Crippen LogP contribution in [-0.4, -0.2) is 13.1 Å². The zero-order valence-electron chi connectivity index (χ0n) is 10.8. The maximum absolute atomic E-state index is 13.2. The molecule has 0 aromatic heterocycles. The van der Waals surface area contributed by atoms with Gasteiger partial charge in [-0.15, -0.1) is 0 Å². The van der Waals surface area contributed by atoms with Crippen molar-refractivity contribution in [3.8, 4) is 0 Å². The first-order valence-electron chi connectivity index (χ1n) is 6.50. The third-order valence-corrected chi connectivity index (χ3v) is 4.20. The first-order chi connectivity index (χ1) is 9.59. The largest absolute Gasteiger partial charge is 0.315 e. The number of rotatable bonds is 3. The Balaban J connectivity index is 1.89. The molecule has 0 unspecified atom stereocenters. The molecule has 1 saturated heterocycles. The Morgan fingerprint density at radius 3 is 2.30 bits per heavy atom. The van der Waals surface area contributed by atoms with Crippen molar-refractivity contribution in [3.63, 3.8) is 0 Å². The molecule has 0 bridgehead atoms. The predicted octanol–water partition coefficient (Wildman–Crippen LogP) is 3.70. The van der Waals surface area contributed by atoms with Crippen LogP contribution in [0.15, 0.2) is 42.5 Å². The summed E-state index contributed by atoms with van der Waals surface area (Å²) < 4.78 is 26.3. The Morgan fingerprint density at radius 2 is 1.75 bits per heavy atom. The number of nitrogens with one attached hydrogen (secondary N) is 1. The van der Waals surface area contributed by atoms with Crippen LogP contribution in [0.1, 0.15) is 11.1 Å². The molecule has 1 aliphatic rings. The van der Waals surface area contributed by atoms with Gasteiger partial charge in [0.15, 0.2) is 0 Å². The van der Waals surface area contributed by atoms with E-state index in [2.05, 4.69) is 5.32 Å². The molecular formula is C16H14ClF2N. The van der Waals surface area contributed by atoms with Crippen LogP contribution in [-0.2, 0) is 11.8 Å². The molecule has 1 heterocycles. The molecule has 3 rings (SSSR count). The number of halogens is 3. The van der Waals surface area contributed by atoms with Crippen molar-refractivity contribution >= 4 is 11.6 Å². The summed E-state index contributed by atoms with van der Waals surface area (Å²) in [7, 11) is 0. The molecule has 0 atom stereocenters. The van der Waals surface area contributed by atoms with Crippen molar-refractivity contribution in [2.24, 2.45) is 0 Å². The van der Waals surface area contributed by atoms with E-state index in [1.807, 2.05) is 12.1 Å². The summed E-state index contributed by atoms with van der Waals surface area (Å²) in [5, 5.41) is 3.40. The van der Waals surface area contributed by atoms with Gasteiger partial charge in [0.1, 0.15) is 11.6 Å². The minimum atomic E-state index is -0.405. The number of hydrogen-bond donors (Lipinski definition) is 1. The van der Waals surface area contributed by atoms with E-state index in [0.717, 1.165) is 30.6 Å². The maximum Gasteiger partial charge on any atom is 0.141 e. The number of benzene rings is 2. The minimum absolute atomic E-state index is 0.0607. The Kier molecular flexibility index (Phi) is 3.48. The topological polar surface area (TPSA) is 12.0 Å². The second-order valence-corrected chi connectivity index (χ2v) is 5.72. The zero-order chi connectivity index (χ0) is 14.2. The summed E-state index contributed by atoms with van der Waals surface area (Å²) in [5.74, 6) is -0.640. The van der Waals surface area contributed by atoms with Crippen LogP contribution in [0.2, 0.25) is 5.02 Å². The van der Waals surface area contributed by atoms with Gasteiger partial charge in [-0.05, 0) is 41.8 Å². The van der Waals surface area contributed by atoms with E-state index in [-0.39, 0.29) is 16.3 Å². The molecule has 2 aromatic carbocycles. The molecule has 0 aliphatic carbocycles. The highest BCUT2D eigenvalue weighted by Gasteiger charge is 2.38. The highest BCUT2D eigenvalue weighted by molar-refractivity contribution is 6.30. The molecule has 2 aromatic rings. The van der Waals surface area contributed by atoms with Crippen molar-refractivity contribution in [1.82, 2.24) is 5.32 Å². The minimum Gasteiger partial charge on any atom is -0.315 e. The van der Waals surface area contributed by atoms with Gasteiger partial charge >= 0.3 is 0 Å². The van der Waals surface area contributed by atoms with E-state index < -0.39 is 5.82 Å². The SMILES string of the molecule is Fc1ccc(C2(Cc3ccc(F)c(Cl)c3)CNC2)cc1. The van der Waals surface area contributed by atoms with E-state index in [4.69, 9.17) is 11.6 Å². The molecule has 20 heavy (non-hydrogen) atoms. The monoisotopic (exact) mass is 293 g/mol. The fourth-order valence-corrected chi connectivity index (χ4v) is 2.90. The lowest BCUT2D eigenvalue weighted by Gasteiger charge is -2.43. The lowest BCUT2D eigenvalue weighted by molar-refractivity contribution is 0.274. The van der Waals surface area contributed by atoms with Gasteiger partial charge in [0, 0.05) is 18.5 Å². The molecule has 4 heteroatoms. The standard InChI is InChI=1S/C16H14ClF2N/c17-14-7-11(1-6-15(14)19)8-16(9-20-10-16)12-2-4-13(18)5-3-12/h1-7,20H,8-10H2. The van der Waals surface area contributed by atoms with E-state index in [1.54, 1.807) is 12.1 Å². The van der Waals surface area contributed by atoms with Crippen LogP contribution in [0.3, 0.4) is 0 Å². The van der Waals surface area contributed by atoms with Gasteiger partial charge in [-0.1, -0.05) is 29.8 Å². The van der Waals surface area contributed by atoms with E-state index in [0.29, 0.717) is 0 Å². The van der Waals surface area contributed by atoms with Crippen LogP contribution in [0.5, 0.6) is 0 Å². The fraction of sp³-hybridized carbons (Fsp3) is 0.250. The quantitative estimate of drug-likeness (QED) is 0.910. The second kappa shape index (κ2) is 5.15. The molecule has 0 amide bonds. The van der Waals surface area contributed by atoms with Gasteiger partial charge < -0.3 is 5.32 Å². The van der Waals surface area contributed by atoms with Crippen LogP contribution < -0.4 is 5.32 Å². The highest BCUT2D eigenvalue weighted by atomic mass is 35.5.